The maximum absolute atomic E-state index is 11.7. The van der Waals surface area contributed by atoms with Crippen molar-refractivity contribution in [3.63, 3.8) is 0 Å². The minimum Gasteiger partial charge on any atom is -0.353 e. The van der Waals surface area contributed by atoms with E-state index in [9.17, 15) is 4.79 Å². The van der Waals surface area contributed by atoms with Gasteiger partial charge in [-0.05, 0) is 24.7 Å². The molecule has 1 fully saturated rings. The molecule has 14 heavy (non-hydrogen) atoms. The van der Waals surface area contributed by atoms with Crippen molar-refractivity contribution in [1.29, 1.82) is 0 Å². The van der Waals surface area contributed by atoms with Gasteiger partial charge in [0.15, 0.2) is 0 Å². The summed E-state index contributed by atoms with van der Waals surface area (Å²) in [7, 11) is 0. The predicted octanol–water partition coefficient (Wildman–Crippen LogP) is 1.28. The summed E-state index contributed by atoms with van der Waals surface area (Å²) in [6.07, 6.45) is 3.14. The number of rotatable bonds is 4. The van der Waals surface area contributed by atoms with Gasteiger partial charge in [0.2, 0.25) is 5.91 Å². The van der Waals surface area contributed by atoms with Gasteiger partial charge in [-0.1, -0.05) is 20.8 Å². The monoisotopic (exact) mass is 198 g/mol. The van der Waals surface area contributed by atoms with Gasteiger partial charge in [-0.15, -0.1) is 0 Å². The number of hydrogen-bond acceptors (Lipinski definition) is 2. The van der Waals surface area contributed by atoms with Crippen LogP contribution in [0.5, 0.6) is 0 Å². The third-order valence-corrected chi connectivity index (χ3v) is 2.44. The largest absolute Gasteiger partial charge is 0.353 e. The van der Waals surface area contributed by atoms with Gasteiger partial charge in [-0.2, -0.15) is 0 Å². The van der Waals surface area contributed by atoms with Crippen LogP contribution in [0.3, 0.4) is 0 Å². The molecule has 3 nitrogen and oxygen atoms in total. The van der Waals surface area contributed by atoms with E-state index in [1.807, 2.05) is 0 Å². The van der Waals surface area contributed by atoms with Crippen LogP contribution in [0.2, 0.25) is 0 Å². The summed E-state index contributed by atoms with van der Waals surface area (Å²) in [5.41, 5.74) is 5.79. The first-order valence-electron chi connectivity index (χ1n) is 5.43. The Morgan fingerprint density at radius 1 is 1.50 bits per heavy atom. The van der Waals surface area contributed by atoms with Crippen molar-refractivity contribution in [2.45, 2.75) is 46.1 Å². The molecule has 0 aromatic heterocycles. The molecular formula is C11H22N2O. The van der Waals surface area contributed by atoms with Crippen LogP contribution in [0, 0.1) is 11.3 Å². The van der Waals surface area contributed by atoms with Gasteiger partial charge >= 0.3 is 0 Å². The van der Waals surface area contributed by atoms with E-state index in [1.54, 1.807) is 0 Å². The summed E-state index contributed by atoms with van der Waals surface area (Å²) >= 11 is 0. The summed E-state index contributed by atoms with van der Waals surface area (Å²) in [4.78, 5) is 11.7. The maximum atomic E-state index is 11.7. The molecule has 0 saturated heterocycles. The van der Waals surface area contributed by atoms with Crippen LogP contribution in [-0.2, 0) is 4.79 Å². The Bertz CT molecular complexity index is 204. The Balaban J connectivity index is 2.39. The van der Waals surface area contributed by atoms with Crippen molar-refractivity contribution in [3.05, 3.63) is 0 Å². The number of nitrogens with one attached hydrogen (secondary N) is 1. The molecule has 0 aromatic rings. The summed E-state index contributed by atoms with van der Waals surface area (Å²) in [6.45, 7) is 6.87. The normalized spacial score (nSPS) is 19.1. The quantitative estimate of drug-likeness (QED) is 0.715. The molecule has 1 aliphatic carbocycles. The van der Waals surface area contributed by atoms with Gasteiger partial charge in [0, 0.05) is 12.6 Å². The molecule has 0 aliphatic heterocycles. The Hall–Kier alpha value is -0.570. The fourth-order valence-electron chi connectivity index (χ4n) is 1.57. The lowest BCUT2D eigenvalue weighted by Crippen LogP contribution is -2.38. The SMILES string of the molecule is CC(C)(C)CC(CN)C(=O)NC1CC1. The summed E-state index contributed by atoms with van der Waals surface area (Å²) < 4.78 is 0. The van der Waals surface area contributed by atoms with Crippen LogP contribution in [0.4, 0.5) is 0 Å². The highest BCUT2D eigenvalue weighted by Gasteiger charge is 2.29. The molecule has 3 N–H and O–H groups in total. The first-order valence-corrected chi connectivity index (χ1v) is 5.43. The molecule has 1 amide bonds. The van der Waals surface area contributed by atoms with E-state index in [0.717, 1.165) is 19.3 Å². The van der Waals surface area contributed by atoms with E-state index < -0.39 is 0 Å². The standard InChI is InChI=1S/C11H22N2O/c1-11(2,3)6-8(7-12)10(14)13-9-4-5-9/h8-9H,4-7,12H2,1-3H3,(H,13,14). The highest BCUT2D eigenvalue weighted by atomic mass is 16.2. The lowest BCUT2D eigenvalue weighted by Gasteiger charge is -2.24. The Kier molecular flexibility index (Phi) is 3.53. The third kappa shape index (κ3) is 4.09. The molecule has 82 valence electrons. The summed E-state index contributed by atoms with van der Waals surface area (Å²) in [5, 5.41) is 3.01. The van der Waals surface area contributed by atoms with Crippen molar-refractivity contribution >= 4 is 5.91 Å². The first-order chi connectivity index (χ1) is 6.42. The molecular weight excluding hydrogens is 176 g/mol. The molecule has 0 aromatic carbocycles. The zero-order chi connectivity index (χ0) is 10.8. The Labute approximate surface area is 86.4 Å². The van der Waals surface area contributed by atoms with E-state index in [4.69, 9.17) is 5.73 Å². The lowest BCUT2D eigenvalue weighted by molar-refractivity contribution is -0.125. The van der Waals surface area contributed by atoms with E-state index in [2.05, 4.69) is 26.1 Å². The summed E-state index contributed by atoms with van der Waals surface area (Å²) in [5.74, 6) is 0.125. The number of carbonyl (C=O) groups is 1. The number of nitrogens with two attached hydrogens (primary N) is 1. The highest BCUT2D eigenvalue weighted by Crippen LogP contribution is 2.25. The first kappa shape index (κ1) is 11.5. The van der Waals surface area contributed by atoms with E-state index in [1.165, 1.54) is 0 Å². The molecule has 0 heterocycles. The van der Waals surface area contributed by atoms with Crippen LogP contribution in [0.25, 0.3) is 0 Å². The van der Waals surface area contributed by atoms with Crippen molar-refractivity contribution in [1.82, 2.24) is 5.32 Å². The molecule has 0 radical (unpaired) electrons. The zero-order valence-electron chi connectivity index (χ0n) is 9.47. The van der Waals surface area contributed by atoms with Crippen LogP contribution >= 0.6 is 0 Å². The fourth-order valence-corrected chi connectivity index (χ4v) is 1.57. The molecule has 1 unspecified atom stereocenters. The van der Waals surface area contributed by atoms with Crippen molar-refractivity contribution < 1.29 is 4.79 Å². The van der Waals surface area contributed by atoms with Gasteiger partial charge in [0.05, 0.1) is 5.92 Å². The number of amides is 1. The van der Waals surface area contributed by atoms with Crippen LogP contribution in [0.15, 0.2) is 0 Å². The highest BCUT2D eigenvalue weighted by molar-refractivity contribution is 5.79. The lowest BCUT2D eigenvalue weighted by atomic mass is 9.84. The second kappa shape index (κ2) is 4.30. The Morgan fingerprint density at radius 2 is 2.07 bits per heavy atom. The number of hydrogen-bond donors (Lipinski definition) is 2. The second-order valence-corrected chi connectivity index (χ2v) is 5.48. The van der Waals surface area contributed by atoms with Gasteiger partial charge in [0.1, 0.15) is 0 Å². The zero-order valence-corrected chi connectivity index (χ0v) is 9.47. The summed E-state index contributed by atoms with van der Waals surface area (Å²) in [6, 6.07) is 0.441. The number of carbonyl (C=O) groups excluding carboxylic acids is 1. The van der Waals surface area contributed by atoms with E-state index >= 15 is 0 Å². The second-order valence-electron chi connectivity index (χ2n) is 5.48. The van der Waals surface area contributed by atoms with Crippen LogP contribution in [-0.4, -0.2) is 18.5 Å². The smallest absolute Gasteiger partial charge is 0.224 e. The van der Waals surface area contributed by atoms with Gasteiger partial charge in [-0.25, -0.2) is 0 Å². The fraction of sp³-hybridized carbons (Fsp3) is 0.909. The molecule has 1 aliphatic rings. The van der Waals surface area contributed by atoms with Crippen LogP contribution < -0.4 is 11.1 Å². The predicted molar refractivity (Wildman–Crippen MR) is 57.8 cm³/mol. The molecule has 3 heteroatoms. The topological polar surface area (TPSA) is 55.1 Å². The third-order valence-electron chi connectivity index (χ3n) is 2.44. The van der Waals surface area contributed by atoms with Crippen molar-refractivity contribution in [2.75, 3.05) is 6.54 Å². The molecule has 0 spiro atoms. The molecule has 1 saturated carbocycles. The average Bonchev–Trinajstić information content (AvgIpc) is 2.82. The van der Waals surface area contributed by atoms with Gasteiger partial charge in [0.25, 0.3) is 0 Å². The molecule has 1 rings (SSSR count). The van der Waals surface area contributed by atoms with Gasteiger partial charge < -0.3 is 11.1 Å². The van der Waals surface area contributed by atoms with E-state index in [-0.39, 0.29) is 17.2 Å². The van der Waals surface area contributed by atoms with Gasteiger partial charge in [-0.3, -0.25) is 4.79 Å². The minimum atomic E-state index is -0.0180. The average molecular weight is 198 g/mol. The minimum absolute atomic E-state index is 0.0180. The van der Waals surface area contributed by atoms with Crippen LogP contribution in [0.1, 0.15) is 40.0 Å². The van der Waals surface area contributed by atoms with Crippen molar-refractivity contribution in [2.24, 2.45) is 17.1 Å². The van der Waals surface area contributed by atoms with E-state index in [0.29, 0.717) is 12.6 Å². The maximum Gasteiger partial charge on any atom is 0.224 e. The Morgan fingerprint density at radius 3 is 2.43 bits per heavy atom. The molecule has 0 bridgehead atoms. The van der Waals surface area contributed by atoms with Crippen molar-refractivity contribution in [3.8, 4) is 0 Å². The molecule has 1 atom stereocenters.